The summed E-state index contributed by atoms with van der Waals surface area (Å²) in [5.74, 6) is 2.23. The summed E-state index contributed by atoms with van der Waals surface area (Å²) >= 11 is 0. The van der Waals surface area contributed by atoms with Crippen molar-refractivity contribution in [3.05, 3.63) is 47.8 Å². The first-order chi connectivity index (χ1) is 8.72. The molecule has 2 aromatic rings. The maximum atomic E-state index is 5.82. The molecule has 0 saturated carbocycles. The molecule has 0 spiro atoms. The fraction of sp³-hybridized carbons (Fsp3) is 0.214. The van der Waals surface area contributed by atoms with E-state index >= 15 is 0 Å². The van der Waals surface area contributed by atoms with Crippen molar-refractivity contribution in [1.82, 2.24) is 4.98 Å². The van der Waals surface area contributed by atoms with Crippen molar-refractivity contribution < 1.29 is 9.47 Å². The first kappa shape index (κ1) is 12.4. The van der Waals surface area contributed by atoms with Gasteiger partial charge in [0.15, 0.2) is 0 Å². The molecule has 4 nitrogen and oxygen atoms in total. The topological polar surface area (TPSA) is 57.4 Å². The van der Waals surface area contributed by atoms with Crippen molar-refractivity contribution >= 4 is 0 Å². The number of ether oxygens (including phenoxy) is 2. The van der Waals surface area contributed by atoms with Crippen LogP contribution >= 0.6 is 0 Å². The summed E-state index contributed by atoms with van der Waals surface area (Å²) in [7, 11) is 1.62. The standard InChI is InChI=1S/C14H16N2O2/c1-10-9-16-4-3-14(10)18-13-6-11(8-15)5-12(7-13)17-2/h3-7,9H,8,15H2,1-2H3. The maximum Gasteiger partial charge on any atom is 0.133 e. The average Bonchev–Trinajstić information content (AvgIpc) is 2.41. The van der Waals surface area contributed by atoms with E-state index < -0.39 is 0 Å². The third-order valence-electron chi connectivity index (χ3n) is 2.61. The highest BCUT2D eigenvalue weighted by Gasteiger charge is 2.04. The molecule has 0 saturated heterocycles. The largest absolute Gasteiger partial charge is 0.497 e. The highest BCUT2D eigenvalue weighted by Crippen LogP contribution is 2.28. The molecule has 0 aliphatic carbocycles. The van der Waals surface area contributed by atoms with Crippen LogP contribution < -0.4 is 15.2 Å². The van der Waals surface area contributed by atoms with Gasteiger partial charge in [-0.15, -0.1) is 0 Å². The van der Waals surface area contributed by atoms with E-state index in [2.05, 4.69) is 4.98 Å². The molecule has 2 rings (SSSR count). The molecule has 0 aliphatic heterocycles. The third-order valence-corrected chi connectivity index (χ3v) is 2.61. The van der Waals surface area contributed by atoms with E-state index in [1.165, 1.54) is 0 Å². The van der Waals surface area contributed by atoms with Crippen molar-refractivity contribution in [3.8, 4) is 17.2 Å². The zero-order valence-corrected chi connectivity index (χ0v) is 10.5. The highest BCUT2D eigenvalue weighted by atomic mass is 16.5. The van der Waals surface area contributed by atoms with E-state index in [0.717, 1.165) is 22.6 Å². The predicted octanol–water partition coefficient (Wildman–Crippen LogP) is 2.65. The van der Waals surface area contributed by atoms with Gasteiger partial charge in [-0.25, -0.2) is 0 Å². The Labute approximate surface area is 106 Å². The molecule has 1 aromatic carbocycles. The number of hydrogen-bond donors (Lipinski definition) is 1. The summed E-state index contributed by atoms with van der Waals surface area (Å²) in [6.07, 6.45) is 3.46. The van der Waals surface area contributed by atoms with Gasteiger partial charge in [-0.2, -0.15) is 0 Å². The van der Waals surface area contributed by atoms with Crippen molar-refractivity contribution in [3.63, 3.8) is 0 Å². The second-order valence-electron chi connectivity index (χ2n) is 3.96. The van der Waals surface area contributed by atoms with E-state index in [-0.39, 0.29) is 0 Å². The summed E-state index contributed by atoms with van der Waals surface area (Å²) in [4.78, 5) is 4.03. The average molecular weight is 244 g/mol. The summed E-state index contributed by atoms with van der Waals surface area (Å²) < 4.78 is 11.0. The molecule has 0 aliphatic rings. The number of pyridine rings is 1. The lowest BCUT2D eigenvalue weighted by Gasteiger charge is -2.11. The summed E-state index contributed by atoms with van der Waals surface area (Å²) in [5.41, 5.74) is 7.59. The number of aryl methyl sites for hydroxylation is 1. The molecule has 0 unspecified atom stereocenters. The number of hydrogen-bond acceptors (Lipinski definition) is 4. The van der Waals surface area contributed by atoms with Crippen LogP contribution in [-0.4, -0.2) is 12.1 Å². The number of nitrogens with zero attached hydrogens (tertiary/aromatic N) is 1. The van der Waals surface area contributed by atoms with E-state index in [0.29, 0.717) is 12.3 Å². The fourth-order valence-corrected chi connectivity index (χ4v) is 1.63. The van der Waals surface area contributed by atoms with Gasteiger partial charge in [0.05, 0.1) is 7.11 Å². The lowest BCUT2D eigenvalue weighted by molar-refractivity contribution is 0.408. The number of aromatic nitrogens is 1. The van der Waals surface area contributed by atoms with Crippen molar-refractivity contribution in [2.75, 3.05) is 7.11 Å². The molecule has 18 heavy (non-hydrogen) atoms. The molecule has 0 radical (unpaired) electrons. The van der Waals surface area contributed by atoms with Crippen LogP contribution in [0.3, 0.4) is 0 Å². The van der Waals surface area contributed by atoms with Crippen LogP contribution in [0.2, 0.25) is 0 Å². The molecule has 0 amide bonds. The van der Waals surface area contributed by atoms with E-state index in [1.807, 2.05) is 31.2 Å². The van der Waals surface area contributed by atoms with Gasteiger partial charge in [0.25, 0.3) is 0 Å². The normalized spacial score (nSPS) is 10.2. The second-order valence-corrected chi connectivity index (χ2v) is 3.96. The van der Waals surface area contributed by atoms with Gasteiger partial charge in [0, 0.05) is 30.6 Å². The maximum absolute atomic E-state index is 5.82. The van der Waals surface area contributed by atoms with Crippen molar-refractivity contribution in [1.29, 1.82) is 0 Å². The minimum absolute atomic E-state index is 0.447. The van der Waals surface area contributed by atoms with E-state index in [1.54, 1.807) is 19.5 Å². The number of benzene rings is 1. The molecule has 2 N–H and O–H groups in total. The van der Waals surface area contributed by atoms with Gasteiger partial charge in [0.1, 0.15) is 17.2 Å². The van der Waals surface area contributed by atoms with E-state index in [4.69, 9.17) is 15.2 Å². The first-order valence-electron chi connectivity index (χ1n) is 5.69. The fourth-order valence-electron chi connectivity index (χ4n) is 1.63. The SMILES string of the molecule is COc1cc(CN)cc(Oc2ccncc2C)c1. The van der Waals surface area contributed by atoms with Gasteiger partial charge < -0.3 is 15.2 Å². The highest BCUT2D eigenvalue weighted by molar-refractivity contribution is 5.42. The molecule has 4 heteroatoms. The van der Waals surface area contributed by atoms with Crippen molar-refractivity contribution in [2.45, 2.75) is 13.5 Å². The number of nitrogens with two attached hydrogens (primary N) is 1. The summed E-state index contributed by atoms with van der Waals surface area (Å²) in [6.45, 7) is 2.40. The van der Waals surface area contributed by atoms with Crippen LogP contribution in [0, 0.1) is 6.92 Å². The van der Waals surface area contributed by atoms with Crippen LogP contribution in [0.5, 0.6) is 17.2 Å². The Morgan fingerprint density at radius 3 is 2.67 bits per heavy atom. The zero-order chi connectivity index (χ0) is 13.0. The smallest absolute Gasteiger partial charge is 0.133 e. The Kier molecular flexibility index (Phi) is 3.79. The van der Waals surface area contributed by atoms with Gasteiger partial charge in [0.2, 0.25) is 0 Å². The lowest BCUT2D eigenvalue weighted by Crippen LogP contribution is -1.98. The molecular formula is C14H16N2O2. The van der Waals surface area contributed by atoms with Crippen LogP contribution in [0.25, 0.3) is 0 Å². The van der Waals surface area contributed by atoms with Crippen LogP contribution in [0.1, 0.15) is 11.1 Å². The Morgan fingerprint density at radius 1 is 1.22 bits per heavy atom. The Morgan fingerprint density at radius 2 is 2.00 bits per heavy atom. The van der Waals surface area contributed by atoms with Crippen LogP contribution in [-0.2, 0) is 6.54 Å². The van der Waals surface area contributed by atoms with E-state index in [9.17, 15) is 0 Å². The second kappa shape index (κ2) is 5.51. The predicted molar refractivity (Wildman–Crippen MR) is 69.9 cm³/mol. The molecule has 1 aromatic heterocycles. The molecule has 0 bridgehead atoms. The first-order valence-corrected chi connectivity index (χ1v) is 5.69. The number of rotatable bonds is 4. The molecular weight excluding hydrogens is 228 g/mol. The third kappa shape index (κ3) is 2.78. The molecule has 0 atom stereocenters. The summed E-state index contributed by atoms with van der Waals surface area (Å²) in [6, 6.07) is 7.46. The Balaban J connectivity index is 2.31. The Bertz CT molecular complexity index is 519. The van der Waals surface area contributed by atoms with Gasteiger partial charge in [-0.05, 0) is 30.7 Å². The monoisotopic (exact) mass is 244 g/mol. The minimum Gasteiger partial charge on any atom is -0.497 e. The number of methoxy groups -OCH3 is 1. The zero-order valence-electron chi connectivity index (χ0n) is 10.5. The van der Waals surface area contributed by atoms with Crippen LogP contribution in [0.4, 0.5) is 0 Å². The lowest BCUT2D eigenvalue weighted by atomic mass is 10.2. The molecule has 0 fully saturated rings. The van der Waals surface area contributed by atoms with Gasteiger partial charge >= 0.3 is 0 Å². The molecule has 94 valence electrons. The minimum atomic E-state index is 0.447. The van der Waals surface area contributed by atoms with Gasteiger partial charge in [-0.3, -0.25) is 4.98 Å². The van der Waals surface area contributed by atoms with Crippen molar-refractivity contribution in [2.24, 2.45) is 5.73 Å². The Hall–Kier alpha value is -2.07. The van der Waals surface area contributed by atoms with Gasteiger partial charge in [-0.1, -0.05) is 0 Å². The summed E-state index contributed by atoms with van der Waals surface area (Å²) in [5, 5.41) is 0. The molecule has 1 heterocycles. The van der Waals surface area contributed by atoms with Crippen LogP contribution in [0.15, 0.2) is 36.7 Å². The quantitative estimate of drug-likeness (QED) is 0.898.